The van der Waals surface area contributed by atoms with Crippen molar-refractivity contribution in [3.05, 3.63) is 10.8 Å². The molecule has 0 aliphatic rings. The molecule has 20 heavy (non-hydrogen) atoms. The molecule has 116 valence electrons. The van der Waals surface area contributed by atoms with E-state index in [0.717, 1.165) is 10.8 Å². The van der Waals surface area contributed by atoms with Gasteiger partial charge in [-0.1, -0.05) is 72.1 Å². The highest BCUT2D eigenvalue weighted by molar-refractivity contribution is 7.05. The van der Waals surface area contributed by atoms with Gasteiger partial charge in [0.2, 0.25) is 0 Å². The van der Waals surface area contributed by atoms with Gasteiger partial charge in [-0.2, -0.15) is 4.37 Å². The van der Waals surface area contributed by atoms with E-state index in [2.05, 4.69) is 37.1 Å². The van der Waals surface area contributed by atoms with Crippen LogP contribution in [0.1, 0.15) is 95.8 Å². The first kappa shape index (κ1) is 17.6. The van der Waals surface area contributed by atoms with Crippen molar-refractivity contribution in [2.45, 2.75) is 97.3 Å². The molecule has 1 aromatic rings. The quantitative estimate of drug-likeness (QED) is 0.465. The van der Waals surface area contributed by atoms with Gasteiger partial charge in [-0.05, 0) is 31.3 Å². The fraction of sp³-hybridized carbons (Fsp3) is 0.882. The highest BCUT2D eigenvalue weighted by Crippen LogP contribution is 2.34. The van der Waals surface area contributed by atoms with Gasteiger partial charge in [-0.15, -0.1) is 0 Å². The highest BCUT2D eigenvalue weighted by atomic mass is 32.1. The van der Waals surface area contributed by atoms with Crippen LogP contribution in [0, 0.1) is 6.92 Å². The van der Waals surface area contributed by atoms with Crippen molar-refractivity contribution in [1.29, 1.82) is 0 Å². The topological polar surface area (TPSA) is 25.8 Å². The third-order valence-corrected chi connectivity index (χ3v) is 4.85. The van der Waals surface area contributed by atoms with Crippen LogP contribution >= 0.6 is 11.5 Å². The normalized spacial score (nSPS) is 12.0. The maximum Gasteiger partial charge on any atom is 0.148 e. The van der Waals surface area contributed by atoms with E-state index in [4.69, 9.17) is 0 Å². The minimum atomic E-state index is 0.201. The lowest BCUT2D eigenvalue weighted by Crippen LogP contribution is -2.24. The molecule has 0 atom stereocenters. The molecule has 0 aromatic carbocycles. The van der Waals surface area contributed by atoms with Gasteiger partial charge in [-0.25, -0.2) is 4.98 Å². The molecule has 0 unspecified atom stereocenters. The van der Waals surface area contributed by atoms with Crippen LogP contribution in [0.3, 0.4) is 0 Å². The van der Waals surface area contributed by atoms with Crippen LogP contribution < -0.4 is 0 Å². The third-order valence-electron chi connectivity index (χ3n) is 4.23. The van der Waals surface area contributed by atoms with Crippen LogP contribution in [0.4, 0.5) is 0 Å². The van der Waals surface area contributed by atoms with Gasteiger partial charge in [0.05, 0.1) is 0 Å². The Balaban J connectivity index is 2.57. The van der Waals surface area contributed by atoms with Crippen molar-refractivity contribution in [2.75, 3.05) is 0 Å². The standard InChI is InChI=1S/C17H32N2S/c1-5-7-9-11-13-17(4,14-12-10-8-6-2)16-18-15(3)20-19-16/h5-14H2,1-4H3. The van der Waals surface area contributed by atoms with Crippen LogP contribution in [0.2, 0.25) is 0 Å². The number of rotatable bonds is 11. The molecule has 0 amide bonds. The van der Waals surface area contributed by atoms with Gasteiger partial charge in [0, 0.05) is 5.41 Å². The molecule has 1 rings (SSSR count). The first-order valence-electron chi connectivity index (χ1n) is 8.43. The Kier molecular flexibility index (Phi) is 8.35. The monoisotopic (exact) mass is 296 g/mol. The molecule has 0 fully saturated rings. The number of aromatic nitrogens is 2. The van der Waals surface area contributed by atoms with E-state index in [1.165, 1.54) is 64.2 Å². The molecule has 0 spiro atoms. The Hall–Kier alpha value is -0.440. The van der Waals surface area contributed by atoms with Crippen LogP contribution in [0.5, 0.6) is 0 Å². The van der Waals surface area contributed by atoms with E-state index < -0.39 is 0 Å². The van der Waals surface area contributed by atoms with E-state index >= 15 is 0 Å². The fourth-order valence-electron chi connectivity index (χ4n) is 2.78. The number of aryl methyl sites for hydroxylation is 1. The number of hydrogen-bond acceptors (Lipinski definition) is 3. The molecular weight excluding hydrogens is 264 g/mol. The first-order chi connectivity index (χ1) is 9.62. The summed E-state index contributed by atoms with van der Waals surface area (Å²) in [6, 6.07) is 0. The molecule has 1 heterocycles. The first-order valence-corrected chi connectivity index (χ1v) is 9.20. The van der Waals surface area contributed by atoms with Gasteiger partial charge in [-0.3, -0.25) is 0 Å². The lowest BCUT2D eigenvalue weighted by Gasteiger charge is -2.27. The van der Waals surface area contributed by atoms with Crippen molar-refractivity contribution in [3.63, 3.8) is 0 Å². The Morgan fingerprint density at radius 1 is 0.900 bits per heavy atom. The van der Waals surface area contributed by atoms with Crippen LogP contribution in [-0.2, 0) is 5.41 Å². The molecule has 3 heteroatoms. The zero-order chi connectivity index (χ0) is 14.8. The van der Waals surface area contributed by atoms with E-state index in [1.54, 1.807) is 11.5 Å². The molecule has 0 radical (unpaired) electrons. The van der Waals surface area contributed by atoms with Crippen molar-refractivity contribution in [2.24, 2.45) is 0 Å². The van der Waals surface area contributed by atoms with Gasteiger partial charge in [0.1, 0.15) is 10.8 Å². The fourth-order valence-corrected chi connectivity index (χ4v) is 3.38. The number of unbranched alkanes of at least 4 members (excludes halogenated alkanes) is 6. The summed E-state index contributed by atoms with van der Waals surface area (Å²) in [5.41, 5.74) is 0.201. The summed E-state index contributed by atoms with van der Waals surface area (Å²) in [5.74, 6) is 1.10. The second-order valence-corrected chi connectivity index (χ2v) is 7.27. The Bertz CT molecular complexity index is 348. The summed E-state index contributed by atoms with van der Waals surface area (Å²) in [6.07, 6.45) is 13.2. The molecule has 0 aliphatic heterocycles. The summed E-state index contributed by atoms with van der Waals surface area (Å²) in [4.78, 5) is 4.69. The zero-order valence-corrected chi connectivity index (χ0v) is 14.7. The molecule has 0 aliphatic carbocycles. The largest absolute Gasteiger partial charge is 0.224 e. The van der Waals surface area contributed by atoms with Crippen LogP contribution in [0.15, 0.2) is 0 Å². The minimum absolute atomic E-state index is 0.201. The van der Waals surface area contributed by atoms with Gasteiger partial charge in [0.25, 0.3) is 0 Å². The second-order valence-electron chi connectivity index (χ2n) is 6.32. The van der Waals surface area contributed by atoms with E-state index in [1.807, 2.05) is 0 Å². The molecular formula is C17H32N2S. The maximum atomic E-state index is 4.69. The molecule has 0 saturated heterocycles. The lowest BCUT2D eigenvalue weighted by atomic mass is 9.79. The zero-order valence-electron chi connectivity index (χ0n) is 13.9. The SMILES string of the molecule is CCCCCCC(C)(CCCCCC)c1nsc(C)n1. The minimum Gasteiger partial charge on any atom is -0.224 e. The maximum absolute atomic E-state index is 4.69. The van der Waals surface area contributed by atoms with Crippen LogP contribution in [0.25, 0.3) is 0 Å². The Labute approximate surface area is 129 Å². The molecule has 1 aromatic heterocycles. The number of hydrogen-bond donors (Lipinski definition) is 0. The lowest BCUT2D eigenvalue weighted by molar-refractivity contribution is 0.348. The second kappa shape index (κ2) is 9.49. The molecule has 0 bridgehead atoms. The summed E-state index contributed by atoms with van der Waals surface area (Å²) in [7, 11) is 0. The predicted octanol–water partition coefficient (Wildman–Crippen LogP) is 6.05. The highest BCUT2D eigenvalue weighted by Gasteiger charge is 2.29. The van der Waals surface area contributed by atoms with E-state index in [9.17, 15) is 0 Å². The predicted molar refractivity (Wildman–Crippen MR) is 89.5 cm³/mol. The van der Waals surface area contributed by atoms with Crippen molar-refractivity contribution >= 4 is 11.5 Å². The molecule has 0 N–H and O–H groups in total. The van der Waals surface area contributed by atoms with Crippen molar-refractivity contribution in [3.8, 4) is 0 Å². The van der Waals surface area contributed by atoms with Crippen molar-refractivity contribution < 1.29 is 0 Å². The molecule has 2 nitrogen and oxygen atoms in total. The van der Waals surface area contributed by atoms with Gasteiger partial charge >= 0.3 is 0 Å². The average molecular weight is 297 g/mol. The summed E-state index contributed by atoms with van der Waals surface area (Å²) >= 11 is 1.56. The Morgan fingerprint density at radius 2 is 1.45 bits per heavy atom. The van der Waals surface area contributed by atoms with Gasteiger partial charge in [0.15, 0.2) is 0 Å². The average Bonchev–Trinajstić information content (AvgIpc) is 2.87. The van der Waals surface area contributed by atoms with Gasteiger partial charge < -0.3 is 0 Å². The smallest absolute Gasteiger partial charge is 0.148 e. The molecule has 0 saturated carbocycles. The van der Waals surface area contributed by atoms with E-state index in [-0.39, 0.29) is 5.41 Å². The summed E-state index contributed by atoms with van der Waals surface area (Å²) < 4.78 is 4.62. The number of nitrogens with zero attached hydrogens (tertiary/aromatic N) is 2. The van der Waals surface area contributed by atoms with Crippen LogP contribution in [-0.4, -0.2) is 9.36 Å². The van der Waals surface area contributed by atoms with E-state index in [0.29, 0.717) is 0 Å². The summed E-state index contributed by atoms with van der Waals surface area (Å²) in [6.45, 7) is 8.99. The third kappa shape index (κ3) is 5.90. The Morgan fingerprint density at radius 3 is 1.85 bits per heavy atom. The summed E-state index contributed by atoms with van der Waals surface area (Å²) in [5, 5.41) is 1.10. The van der Waals surface area contributed by atoms with Crippen molar-refractivity contribution in [1.82, 2.24) is 9.36 Å².